The Morgan fingerprint density at radius 2 is 2.20 bits per heavy atom. The van der Waals surface area contributed by atoms with Gasteiger partial charge in [0.2, 0.25) is 0 Å². The molecule has 0 unspecified atom stereocenters. The number of nitrogens with one attached hydrogen (secondary N) is 1. The number of anilines is 1. The summed E-state index contributed by atoms with van der Waals surface area (Å²) in [5.41, 5.74) is 8.62. The van der Waals surface area contributed by atoms with Gasteiger partial charge in [0.15, 0.2) is 0 Å². The molecule has 0 bridgehead atoms. The molecule has 5 heteroatoms. The zero-order valence-corrected chi connectivity index (χ0v) is 11.8. The molecule has 0 spiro atoms. The summed E-state index contributed by atoms with van der Waals surface area (Å²) in [4.78, 5) is 15.9. The molecule has 0 aliphatic carbocycles. The molecule has 3 N–H and O–H groups in total. The fourth-order valence-corrected chi connectivity index (χ4v) is 3.22. The van der Waals surface area contributed by atoms with E-state index in [2.05, 4.69) is 11.1 Å². The third kappa shape index (κ3) is 2.16. The largest absolute Gasteiger partial charge is 0.465 e. The van der Waals surface area contributed by atoms with Crippen molar-refractivity contribution in [2.45, 2.75) is 6.42 Å². The molecule has 2 heterocycles. The first-order chi connectivity index (χ1) is 9.69. The van der Waals surface area contributed by atoms with Gasteiger partial charge in [0, 0.05) is 28.4 Å². The Bertz CT molecular complexity index is 773. The zero-order chi connectivity index (χ0) is 14.1. The summed E-state index contributed by atoms with van der Waals surface area (Å²) in [5.74, 6) is -0.385. The van der Waals surface area contributed by atoms with Crippen LogP contribution in [-0.4, -0.2) is 18.1 Å². The molecule has 0 saturated carbocycles. The number of thiophene rings is 1. The summed E-state index contributed by atoms with van der Waals surface area (Å²) in [6.45, 7) is 0. The van der Waals surface area contributed by atoms with Crippen molar-refractivity contribution >= 4 is 33.2 Å². The van der Waals surface area contributed by atoms with Crippen LogP contribution in [-0.2, 0) is 11.2 Å². The smallest absolute Gasteiger partial charge is 0.340 e. The molecule has 0 saturated heterocycles. The molecular formula is C15H14N2O2S. The van der Waals surface area contributed by atoms with Crippen molar-refractivity contribution in [2.24, 2.45) is 0 Å². The summed E-state index contributed by atoms with van der Waals surface area (Å²) in [7, 11) is 1.36. The monoisotopic (exact) mass is 286 g/mol. The first-order valence-corrected chi connectivity index (χ1v) is 7.02. The normalized spacial score (nSPS) is 10.8. The third-order valence-corrected chi connectivity index (χ3v) is 4.22. The van der Waals surface area contributed by atoms with Gasteiger partial charge < -0.3 is 15.5 Å². The van der Waals surface area contributed by atoms with E-state index in [-0.39, 0.29) is 5.97 Å². The van der Waals surface area contributed by atoms with Gasteiger partial charge in [0.1, 0.15) is 5.00 Å². The maximum atomic E-state index is 11.6. The highest BCUT2D eigenvalue weighted by Gasteiger charge is 2.15. The van der Waals surface area contributed by atoms with Crippen LogP contribution in [0.2, 0.25) is 0 Å². The molecule has 0 radical (unpaired) electrons. The van der Waals surface area contributed by atoms with Gasteiger partial charge in [-0.2, -0.15) is 0 Å². The number of hydrogen-bond donors (Lipinski definition) is 2. The molecule has 3 aromatic rings. The van der Waals surface area contributed by atoms with Crippen LogP contribution >= 0.6 is 11.3 Å². The van der Waals surface area contributed by atoms with E-state index in [1.54, 1.807) is 0 Å². The molecular weight excluding hydrogens is 272 g/mol. The number of rotatable bonds is 3. The Morgan fingerprint density at radius 1 is 1.40 bits per heavy atom. The highest BCUT2D eigenvalue weighted by Crippen LogP contribution is 2.29. The first kappa shape index (κ1) is 12.7. The van der Waals surface area contributed by atoms with Crippen LogP contribution in [0.3, 0.4) is 0 Å². The molecule has 1 aromatic carbocycles. The summed E-state index contributed by atoms with van der Waals surface area (Å²) in [6, 6.07) is 9.96. The highest BCUT2D eigenvalue weighted by molar-refractivity contribution is 7.16. The number of para-hydroxylation sites is 1. The van der Waals surface area contributed by atoms with Gasteiger partial charge in [-0.25, -0.2) is 4.79 Å². The summed E-state index contributed by atoms with van der Waals surface area (Å²) in [5, 5.41) is 1.70. The lowest BCUT2D eigenvalue weighted by Crippen LogP contribution is -2.02. The van der Waals surface area contributed by atoms with E-state index in [0.717, 1.165) is 16.8 Å². The van der Waals surface area contributed by atoms with E-state index in [4.69, 9.17) is 10.5 Å². The molecule has 0 fully saturated rings. The lowest BCUT2D eigenvalue weighted by atomic mass is 10.1. The number of aromatic nitrogens is 1. The van der Waals surface area contributed by atoms with Gasteiger partial charge >= 0.3 is 5.97 Å². The fourth-order valence-electron chi connectivity index (χ4n) is 2.28. The van der Waals surface area contributed by atoms with E-state index >= 15 is 0 Å². The SMILES string of the molecule is COC(=O)c1cc(Cc2c[nH]c3ccccc23)sc1N. The lowest BCUT2D eigenvalue weighted by molar-refractivity contribution is 0.0602. The molecule has 0 atom stereocenters. The van der Waals surface area contributed by atoms with Crippen molar-refractivity contribution in [2.75, 3.05) is 12.8 Å². The van der Waals surface area contributed by atoms with E-state index in [9.17, 15) is 4.79 Å². The van der Waals surface area contributed by atoms with Crippen LogP contribution in [0.1, 0.15) is 20.8 Å². The first-order valence-electron chi connectivity index (χ1n) is 6.20. The number of hydrogen-bond acceptors (Lipinski definition) is 4. The van der Waals surface area contributed by atoms with E-state index < -0.39 is 0 Å². The Hall–Kier alpha value is -2.27. The van der Waals surface area contributed by atoms with Gasteiger partial charge in [-0.05, 0) is 17.7 Å². The molecule has 4 nitrogen and oxygen atoms in total. The minimum Gasteiger partial charge on any atom is -0.465 e. The molecule has 0 aliphatic heterocycles. The van der Waals surface area contributed by atoms with Crippen LogP contribution in [0.4, 0.5) is 5.00 Å². The lowest BCUT2D eigenvalue weighted by Gasteiger charge is -1.96. The Labute approximate surface area is 120 Å². The molecule has 0 amide bonds. The Balaban J connectivity index is 1.93. The number of benzene rings is 1. The highest BCUT2D eigenvalue weighted by atomic mass is 32.1. The van der Waals surface area contributed by atoms with Crippen molar-refractivity contribution in [3.05, 3.63) is 52.5 Å². The van der Waals surface area contributed by atoms with Crippen molar-refractivity contribution in [3.8, 4) is 0 Å². The van der Waals surface area contributed by atoms with Crippen LogP contribution in [0.25, 0.3) is 10.9 Å². The Kier molecular flexibility index (Phi) is 3.20. The van der Waals surface area contributed by atoms with Crippen molar-refractivity contribution in [1.29, 1.82) is 0 Å². The van der Waals surface area contributed by atoms with E-state index in [0.29, 0.717) is 10.6 Å². The topological polar surface area (TPSA) is 68.1 Å². The fraction of sp³-hybridized carbons (Fsp3) is 0.133. The van der Waals surface area contributed by atoms with Crippen molar-refractivity contribution in [3.63, 3.8) is 0 Å². The third-order valence-electron chi connectivity index (χ3n) is 3.26. The van der Waals surface area contributed by atoms with Crippen molar-refractivity contribution in [1.82, 2.24) is 4.98 Å². The standard InChI is InChI=1S/C15H14N2O2S/c1-19-15(18)12-7-10(20-14(12)16)6-9-8-17-13-5-3-2-4-11(9)13/h2-5,7-8,17H,6,16H2,1H3. The summed E-state index contributed by atoms with van der Waals surface area (Å²) >= 11 is 1.43. The second kappa shape index (κ2) is 5.02. The summed E-state index contributed by atoms with van der Waals surface area (Å²) in [6.07, 6.45) is 2.74. The molecule has 102 valence electrons. The quantitative estimate of drug-likeness (QED) is 0.727. The summed E-state index contributed by atoms with van der Waals surface area (Å²) < 4.78 is 4.72. The number of carbonyl (C=O) groups excluding carboxylic acids is 1. The maximum Gasteiger partial charge on any atom is 0.340 e. The average molecular weight is 286 g/mol. The zero-order valence-electron chi connectivity index (χ0n) is 11.0. The number of esters is 1. The number of fused-ring (bicyclic) bond motifs is 1. The molecule has 20 heavy (non-hydrogen) atoms. The van der Waals surface area contributed by atoms with Crippen LogP contribution < -0.4 is 5.73 Å². The van der Waals surface area contributed by atoms with Gasteiger partial charge in [-0.3, -0.25) is 0 Å². The van der Waals surface area contributed by atoms with Gasteiger partial charge in [-0.1, -0.05) is 18.2 Å². The van der Waals surface area contributed by atoms with Crippen LogP contribution in [0.15, 0.2) is 36.5 Å². The van der Waals surface area contributed by atoms with E-state index in [1.807, 2.05) is 30.5 Å². The Morgan fingerprint density at radius 3 is 3.00 bits per heavy atom. The second-order valence-electron chi connectivity index (χ2n) is 4.52. The molecule has 0 aliphatic rings. The van der Waals surface area contributed by atoms with E-state index in [1.165, 1.54) is 29.4 Å². The molecule has 3 rings (SSSR count). The second-order valence-corrected chi connectivity index (χ2v) is 5.69. The number of carbonyl (C=O) groups is 1. The maximum absolute atomic E-state index is 11.6. The number of nitrogen functional groups attached to an aromatic ring is 1. The number of methoxy groups -OCH3 is 1. The van der Waals surface area contributed by atoms with Crippen molar-refractivity contribution < 1.29 is 9.53 Å². The predicted molar refractivity (Wildman–Crippen MR) is 81.2 cm³/mol. The van der Waals surface area contributed by atoms with Gasteiger partial charge in [-0.15, -0.1) is 11.3 Å². The van der Waals surface area contributed by atoms with Gasteiger partial charge in [0.25, 0.3) is 0 Å². The number of aromatic amines is 1. The molecule has 2 aromatic heterocycles. The predicted octanol–water partition coefficient (Wildman–Crippen LogP) is 3.19. The van der Waals surface area contributed by atoms with Crippen LogP contribution in [0.5, 0.6) is 0 Å². The number of nitrogens with two attached hydrogens (primary N) is 1. The number of H-pyrrole nitrogens is 1. The van der Waals surface area contributed by atoms with Gasteiger partial charge in [0.05, 0.1) is 12.7 Å². The average Bonchev–Trinajstić information content (AvgIpc) is 3.03. The number of ether oxygens (including phenoxy) is 1. The van der Waals surface area contributed by atoms with Crippen LogP contribution in [0, 0.1) is 0 Å². The minimum atomic E-state index is -0.385. The minimum absolute atomic E-state index is 0.385.